The highest BCUT2D eigenvalue weighted by molar-refractivity contribution is 8.68. The molecule has 29 heavy (non-hydrogen) atoms. The van der Waals surface area contributed by atoms with Crippen molar-refractivity contribution in [3.63, 3.8) is 0 Å². The molecule has 0 aromatic heterocycles. The van der Waals surface area contributed by atoms with Crippen LogP contribution in [0.15, 0.2) is 18.2 Å². The third-order valence-electron chi connectivity index (χ3n) is 5.75. The van der Waals surface area contributed by atoms with E-state index in [0.29, 0.717) is 34.2 Å². The lowest BCUT2D eigenvalue weighted by atomic mass is 9.73. The Morgan fingerprint density at radius 1 is 1.31 bits per heavy atom. The molecule has 0 aliphatic carbocycles. The van der Waals surface area contributed by atoms with Gasteiger partial charge in [-0.15, -0.1) is 11.7 Å². The average Bonchev–Trinajstić information content (AvgIpc) is 2.70. The lowest BCUT2D eigenvalue weighted by Crippen LogP contribution is -2.56. The number of carbonyl (C=O) groups excluding carboxylic acids is 2. The molecule has 1 saturated heterocycles. The van der Waals surface area contributed by atoms with Gasteiger partial charge in [-0.3, -0.25) is 9.59 Å². The van der Waals surface area contributed by atoms with E-state index in [1.165, 1.54) is 15.7 Å². The van der Waals surface area contributed by atoms with Gasteiger partial charge in [-0.1, -0.05) is 40.1 Å². The van der Waals surface area contributed by atoms with Gasteiger partial charge in [-0.25, -0.2) is 0 Å². The zero-order valence-electron chi connectivity index (χ0n) is 16.8. The number of amides is 2. The first-order valence-corrected chi connectivity index (χ1v) is 12.0. The van der Waals surface area contributed by atoms with Crippen molar-refractivity contribution in [1.29, 1.82) is 5.26 Å². The Balaban J connectivity index is 2.63. The molecule has 1 aromatic carbocycles. The van der Waals surface area contributed by atoms with Gasteiger partial charge in [0.05, 0.1) is 27.6 Å². The van der Waals surface area contributed by atoms with E-state index >= 15 is 0 Å². The topological polar surface area (TPSA) is 73.2 Å². The Morgan fingerprint density at radius 2 is 1.97 bits per heavy atom. The quantitative estimate of drug-likeness (QED) is 0.481. The van der Waals surface area contributed by atoms with E-state index in [9.17, 15) is 14.9 Å². The zero-order valence-corrected chi connectivity index (χ0v) is 20.1. The number of hydrogen-bond acceptors (Lipinski definition) is 5. The standard InChI is InChI=1S/C20H25Cl2N3O2S2/c1-19(2)18(27)24-16(12-5-6-14(21)15(22)9-12)20(3,11-23)10-13(7-8-29-28)17(26)25(19)4/h5-6,9,13,16,28H,7-8,10H2,1-4H3,(H,24,27)/t13?,16-,20+/m0/s1. The lowest BCUT2D eigenvalue weighted by Gasteiger charge is -2.36. The van der Waals surface area contributed by atoms with Crippen molar-refractivity contribution in [2.75, 3.05) is 12.8 Å². The molecule has 1 N–H and O–H groups in total. The van der Waals surface area contributed by atoms with Crippen LogP contribution >= 0.6 is 45.7 Å². The zero-order chi connectivity index (χ0) is 22.0. The summed E-state index contributed by atoms with van der Waals surface area (Å²) in [5.74, 6) is -0.242. The molecule has 1 aliphatic rings. The van der Waals surface area contributed by atoms with E-state index in [4.69, 9.17) is 23.2 Å². The maximum atomic E-state index is 13.2. The first-order chi connectivity index (χ1) is 13.5. The number of halogens is 2. The molecule has 9 heteroatoms. The van der Waals surface area contributed by atoms with Gasteiger partial charge in [0, 0.05) is 18.7 Å². The summed E-state index contributed by atoms with van der Waals surface area (Å²) in [7, 11) is 2.98. The highest BCUT2D eigenvalue weighted by atomic mass is 35.5. The Morgan fingerprint density at radius 3 is 2.52 bits per heavy atom. The van der Waals surface area contributed by atoms with Crippen molar-refractivity contribution < 1.29 is 9.59 Å². The minimum Gasteiger partial charge on any atom is -0.346 e. The number of nitrogens with zero attached hydrogens (tertiary/aromatic N) is 2. The van der Waals surface area contributed by atoms with E-state index in [-0.39, 0.29) is 11.8 Å². The molecule has 0 spiro atoms. The highest BCUT2D eigenvalue weighted by Gasteiger charge is 2.47. The van der Waals surface area contributed by atoms with Crippen LogP contribution in [0.25, 0.3) is 0 Å². The van der Waals surface area contributed by atoms with Gasteiger partial charge in [-0.2, -0.15) is 5.26 Å². The number of carbonyl (C=O) groups is 2. The van der Waals surface area contributed by atoms with Crippen molar-refractivity contribution in [3.8, 4) is 6.07 Å². The van der Waals surface area contributed by atoms with Crippen LogP contribution < -0.4 is 5.32 Å². The molecule has 5 nitrogen and oxygen atoms in total. The van der Waals surface area contributed by atoms with Gasteiger partial charge in [0.25, 0.3) is 0 Å². The highest BCUT2D eigenvalue weighted by Crippen LogP contribution is 2.43. The number of nitrogens with one attached hydrogen (secondary N) is 1. The minimum atomic E-state index is -1.08. The van der Waals surface area contributed by atoms with Gasteiger partial charge in [0.1, 0.15) is 5.54 Å². The van der Waals surface area contributed by atoms with Crippen LogP contribution in [-0.2, 0) is 9.59 Å². The van der Waals surface area contributed by atoms with Crippen LogP contribution in [0.1, 0.15) is 45.2 Å². The van der Waals surface area contributed by atoms with Crippen molar-refractivity contribution in [3.05, 3.63) is 33.8 Å². The Hall–Kier alpha value is -1.07. The van der Waals surface area contributed by atoms with Crippen molar-refractivity contribution in [2.45, 2.75) is 45.2 Å². The Kier molecular flexibility index (Phi) is 7.83. The maximum absolute atomic E-state index is 13.2. The SMILES string of the molecule is CN1C(=O)C(CCSS)C[C@](C)(C#N)[C@H](c2ccc(Cl)c(Cl)c2)NC(=O)C1(C)C. The lowest BCUT2D eigenvalue weighted by molar-refractivity contribution is -0.146. The molecule has 1 fully saturated rings. The van der Waals surface area contributed by atoms with Gasteiger partial charge in [0.15, 0.2) is 0 Å². The summed E-state index contributed by atoms with van der Waals surface area (Å²) >= 11 is 16.5. The van der Waals surface area contributed by atoms with Gasteiger partial charge < -0.3 is 10.2 Å². The summed E-state index contributed by atoms with van der Waals surface area (Å²) in [5.41, 5.74) is -1.44. The van der Waals surface area contributed by atoms with E-state index in [0.717, 1.165) is 0 Å². The van der Waals surface area contributed by atoms with Crippen molar-refractivity contribution in [1.82, 2.24) is 10.2 Å². The Bertz CT molecular complexity index is 844. The third-order valence-corrected chi connectivity index (χ3v) is 7.45. The number of rotatable bonds is 4. The molecule has 0 saturated carbocycles. The normalized spacial score (nSPS) is 27.4. The second-order valence-corrected chi connectivity index (χ2v) is 10.3. The molecule has 2 rings (SSSR count). The second-order valence-electron chi connectivity index (χ2n) is 8.09. The fourth-order valence-electron chi connectivity index (χ4n) is 3.56. The fourth-order valence-corrected chi connectivity index (χ4v) is 4.57. The largest absolute Gasteiger partial charge is 0.346 e. The summed E-state index contributed by atoms with van der Waals surface area (Å²) in [5, 5.41) is 13.9. The van der Waals surface area contributed by atoms with Crippen LogP contribution in [0.2, 0.25) is 10.0 Å². The second kappa shape index (κ2) is 9.38. The molecule has 158 valence electrons. The van der Waals surface area contributed by atoms with Crippen molar-refractivity contribution >= 4 is 57.5 Å². The number of nitriles is 1. The summed E-state index contributed by atoms with van der Waals surface area (Å²) in [6, 6.07) is 6.77. The molecule has 2 amide bonds. The average molecular weight is 474 g/mol. The molecular formula is C20H25Cl2N3O2S2. The van der Waals surface area contributed by atoms with Crippen LogP contribution in [0.4, 0.5) is 0 Å². The number of benzene rings is 1. The summed E-state index contributed by atoms with van der Waals surface area (Å²) in [6.07, 6.45) is 0.856. The molecule has 3 atom stereocenters. The number of hydrogen-bond donors (Lipinski definition) is 2. The van der Waals surface area contributed by atoms with E-state index in [1.807, 2.05) is 0 Å². The molecular weight excluding hydrogens is 449 g/mol. The molecule has 0 bridgehead atoms. The maximum Gasteiger partial charge on any atom is 0.245 e. The first-order valence-electron chi connectivity index (χ1n) is 9.19. The van der Waals surface area contributed by atoms with Gasteiger partial charge >= 0.3 is 0 Å². The van der Waals surface area contributed by atoms with Crippen LogP contribution in [0, 0.1) is 22.7 Å². The smallest absolute Gasteiger partial charge is 0.245 e. The van der Waals surface area contributed by atoms with Crippen LogP contribution in [0.5, 0.6) is 0 Å². The van der Waals surface area contributed by atoms with Crippen LogP contribution in [-0.4, -0.2) is 35.1 Å². The summed E-state index contributed by atoms with van der Waals surface area (Å²) in [6.45, 7) is 5.17. The molecule has 1 aromatic rings. The van der Waals surface area contributed by atoms with Crippen LogP contribution in [0.3, 0.4) is 0 Å². The molecule has 1 unspecified atom stereocenters. The summed E-state index contributed by atoms with van der Waals surface area (Å²) < 4.78 is 0. The molecule has 1 aliphatic heterocycles. The van der Waals surface area contributed by atoms with Gasteiger partial charge in [0.2, 0.25) is 11.8 Å². The van der Waals surface area contributed by atoms with E-state index < -0.39 is 22.9 Å². The predicted molar refractivity (Wildman–Crippen MR) is 122 cm³/mol. The third kappa shape index (κ3) is 4.99. The first kappa shape index (κ1) is 24.2. The fraction of sp³-hybridized carbons (Fsp3) is 0.550. The number of thiol groups is 1. The number of likely N-dealkylation sites (N-methyl/N-ethyl adjacent to an activating group) is 1. The van der Waals surface area contributed by atoms with Gasteiger partial charge in [-0.05, 0) is 51.3 Å². The monoisotopic (exact) mass is 473 g/mol. The van der Waals surface area contributed by atoms with E-state index in [2.05, 4.69) is 23.0 Å². The minimum absolute atomic E-state index is 0.149. The van der Waals surface area contributed by atoms with Crippen molar-refractivity contribution in [2.24, 2.45) is 11.3 Å². The summed E-state index contributed by atoms with van der Waals surface area (Å²) in [4.78, 5) is 27.9. The Labute approximate surface area is 191 Å². The predicted octanol–water partition coefficient (Wildman–Crippen LogP) is 4.91. The molecule has 0 radical (unpaired) electrons. The molecule has 1 heterocycles. The van der Waals surface area contributed by atoms with E-state index in [1.54, 1.807) is 46.0 Å².